The minimum atomic E-state index is -0.127. The highest BCUT2D eigenvalue weighted by Crippen LogP contribution is 2.31. The van der Waals surface area contributed by atoms with E-state index in [1.54, 1.807) is 24.7 Å². The molecule has 0 atom stereocenters. The van der Waals surface area contributed by atoms with E-state index >= 15 is 0 Å². The number of aromatic nitrogens is 4. The number of piperidine rings is 1. The molecule has 4 rings (SSSR count). The molecule has 0 spiro atoms. The van der Waals surface area contributed by atoms with Crippen LogP contribution in [0.3, 0.4) is 0 Å². The van der Waals surface area contributed by atoms with Crippen LogP contribution in [-0.4, -0.2) is 51.0 Å². The lowest BCUT2D eigenvalue weighted by atomic mass is 9.92. The monoisotopic (exact) mass is 456 g/mol. The molecule has 0 amide bonds. The molecule has 1 saturated heterocycles. The summed E-state index contributed by atoms with van der Waals surface area (Å²) < 4.78 is 14.0. The minimum Gasteiger partial charge on any atom is -0.357 e. The van der Waals surface area contributed by atoms with Gasteiger partial charge in [0.05, 0.1) is 6.20 Å². The average molecular weight is 457 g/mol. The molecule has 3 aromatic rings. The van der Waals surface area contributed by atoms with Gasteiger partial charge in [-0.25, -0.2) is 19.3 Å². The van der Waals surface area contributed by atoms with Crippen molar-refractivity contribution >= 4 is 18.2 Å². The quantitative estimate of drug-likeness (QED) is 0.512. The van der Waals surface area contributed by atoms with E-state index < -0.39 is 0 Å². The van der Waals surface area contributed by atoms with E-state index in [1.165, 1.54) is 6.07 Å². The Labute approximate surface area is 195 Å². The maximum absolute atomic E-state index is 14.0. The third-order valence-electron chi connectivity index (χ3n) is 5.97. The molecule has 1 aliphatic rings. The average Bonchev–Trinajstić information content (AvgIpc) is 2.82. The van der Waals surface area contributed by atoms with Crippen molar-refractivity contribution in [3.63, 3.8) is 0 Å². The smallest absolute Gasteiger partial charge is 0.182 e. The van der Waals surface area contributed by atoms with E-state index in [-0.39, 0.29) is 18.2 Å². The van der Waals surface area contributed by atoms with Crippen molar-refractivity contribution in [1.29, 1.82) is 0 Å². The summed E-state index contributed by atoms with van der Waals surface area (Å²) in [5.41, 5.74) is 2.51. The Morgan fingerprint density at radius 3 is 2.47 bits per heavy atom. The van der Waals surface area contributed by atoms with E-state index in [0.717, 1.165) is 56.1 Å². The first kappa shape index (κ1) is 24.0. The van der Waals surface area contributed by atoms with Crippen molar-refractivity contribution in [2.45, 2.75) is 39.2 Å². The summed E-state index contributed by atoms with van der Waals surface area (Å²) in [4.78, 5) is 22.8. The fraction of sp³-hybridized carbons (Fsp3) is 0.417. The molecule has 1 aliphatic heterocycles. The van der Waals surface area contributed by atoms with Gasteiger partial charge in [0.15, 0.2) is 5.82 Å². The van der Waals surface area contributed by atoms with Gasteiger partial charge >= 0.3 is 0 Å². The molecule has 3 heterocycles. The number of halogens is 2. The molecule has 0 aliphatic carbocycles. The molecule has 8 heteroatoms. The number of benzene rings is 1. The van der Waals surface area contributed by atoms with Crippen LogP contribution in [0.1, 0.15) is 43.9 Å². The fourth-order valence-corrected chi connectivity index (χ4v) is 4.15. The summed E-state index contributed by atoms with van der Waals surface area (Å²) in [6.45, 7) is 8.53. The second-order valence-electron chi connectivity index (χ2n) is 7.88. The first-order valence-corrected chi connectivity index (χ1v) is 11.0. The van der Waals surface area contributed by atoms with Gasteiger partial charge < -0.3 is 4.90 Å². The minimum absolute atomic E-state index is 0. The van der Waals surface area contributed by atoms with Gasteiger partial charge in [0.2, 0.25) is 0 Å². The SMILES string of the molecule is CCN(CC)c1cc(C2CCN(Cc3ccccc3F)CC2)nc(-c2cnccn2)n1.Cl. The Morgan fingerprint density at radius 1 is 1.06 bits per heavy atom. The van der Waals surface area contributed by atoms with Crippen LogP contribution in [0.15, 0.2) is 48.9 Å². The topological polar surface area (TPSA) is 58.0 Å². The van der Waals surface area contributed by atoms with Crippen LogP contribution >= 0.6 is 12.4 Å². The maximum atomic E-state index is 14.0. The predicted molar refractivity (Wildman–Crippen MR) is 128 cm³/mol. The second-order valence-corrected chi connectivity index (χ2v) is 7.88. The Morgan fingerprint density at radius 2 is 1.81 bits per heavy atom. The molecule has 1 aromatic carbocycles. The maximum Gasteiger partial charge on any atom is 0.182 e. The van der Waals surface area contributed by atoms with Crippen molar-refractivity contribution in [3.05, 3.63) is 66.0 Å². The van der Waals surface area contributed by atoms with Crippen LogP contribution < -0.4 is 4.90 Å². The van der Waals surface area contributed by atoms with Crippen LogP contribution in [0.4, 0.5) is 10.2 Å². The van der Waals surface area contributed by atoms with Gasteiger partial charge in [-0.15, -0.1) is 12.4 Å². The molecular formula is C24H30ClFN6. The highest BCUT2D eigenvalue weighted by atomic mass is 35.5. The molecule has 0 unspecified atom stereocenters. The normalized spacial score (nSPS) is 14.7. The first-order chi connectivity index (χ1) is 15.2. The first-order valence-electron chi connectivity index (χ1n) is 11.0. The van der Waals surface area contributed by atoms with Gasteiger partial charge in [0, 0.05) is 55.3 Å². The fourth-order valence-electron chi connectivity index (χ4n) is 4.15. The molecule has 170 valence electrons. The number of likely N-dealkylation sites (tertiary alicyclic amines) is 1. The van der Waals surface area contributed by atoms with Crippen molar-refractivity contribution in [2.24, 2.45) is 0 Å². The van der Waals surface area contributed by atoms with Crippen LogP contribution in [-0.2, 0) is 6.54 Å². The van der Waals surface area contributed by atoms with E-state index in [4.69, 9.17) is 9.97 Å². The standard InChI is InChI=1S/C24H29FN6.ClH/c1-3-31(4-2)23-15-21(28-24(29-23)22-16-26-11-12-27-22)18-9-13-30(14-10-18)17-19-7-5-6-8-20(19)25;/h5-8,11-12,15-16,18H,3-4,9-10,13-14,17H2,1-2H3;1H. The molecule has 1 fully saturated rings. The summed E-state index contributed by atoms with van der Waals surface area (Å²) in [6.07, 6.45) is 7.02. The van der Waals surface area contributed by atoms with Gasteiger partial charge in [0.25, 0.3) is 0 Å². The van der Waals surface area contributed by atoms with Crippen molar-refractivity contribution in [1.82, 2.24) is 24.8 Å². The Bertz CT molecular complexity index is 991. The van der Waals surface area contributed by atoms with Crippen molar-refractivity contribution in [3.8, 4) is 11.5 Å². The molecule has 0 bridgehead atoms. The van der Waals surface area contributed by atoms with E-state index in [0.29, 0.717) is 24.0 Å². The molecule has 0 radical (unpaired) electrons. The van der Waals surface area contributed by atoms with Gasteiger partial charge in [-0.3, -0.25) is 9.88 Å². The lowest BCUT2D eigenvalue weighted by Gasteiger charge is -2.32. The summed E-state index contributed by atoms with van der Waals surface area (Å²) >= 11 is 0. The van der Waals surface area contributed by atoms with Crippen molar-refractivity contribution < 1.29 is 4.39 Å². The van der Waals surface area contributed by atoms with Gasteiger partial charge in [-0.05, 0) is 45.8 Å². The second kappa shape index (κ2) is 11.3. The molecule has 0 N–H and O–H groups in total. The summed E-state index contributed by atoms with van der Waals surface area (Å²) in [5.74, 6) is 1.79. The Balaban J connectivity index is 0.00000289. The molecule has 32 heavy (non-hydrogen) atoms. The lowest BCUT2D eigenvalue weighted by molar-refractivity contribution is 0.201. The summed E-state index contributed by atoms with van der Waals surface area (Å²) in [5, 5.41) is 0. The van der Waals surface area contributed by atoms with Crippen LogP contribution in [0, 0.1) is 5.82 Å². The zero-order chi connectivity index (χ0) is 21.6. The Kier molecular flexibility index (Phi) is 8.47. The zero-order valence-corrected chi connectivity index (χ0v) is 19.4. The molecule has 6 nitrogen and oxygen atoms in total. The number of anilines is 1. The van der Waals surface area contributed by atoms with E-state index in [1.807, 2.05) is 12.1 Å². The van der Waals surface area contributed by atoms with E-state index in [2.05, 4.69) is 39.7 Å². The molecular weight excluding hydrogens is 427 g/mol. The van der Waals surface area contributed by atoms with Crippen LogP contribution in [0.5, 0.6) is 0 Å². The van der Waals surface area contributed by atoms with E-state index in [9.17, 15) is 4.39 Å². The molecule has 2 aromatic heterocycles. The number of hydrogen-bond donors (Lipinski definition) is 0. The van der Waals surface area contributed by atoms with Gasteiger partial charge in [0.1, 0.15) is 17.3 Å². The van der Waals surface area contributed by atoms with Gasteiger partial charge in [-0.1, -0.05) is 18.2 Å². The largest absolute Gasteiger partial charge is 0.357 e. The number of nitrogens with zero attached hydrogens (tertiary/aromatic N) is 6. The summed E-state index contributed by atoms with van der Waals surface area (Å²) in [7, 11) is 0. The Hall–Kier alpha value is -2.64. The van der Waals surface area contributed by atoms with Gasteiger partial charge in [-0.2, -0.15) is 0 Å². The highest BCUT2D eigenvalue weighted by molar-refractivity contribution is 5.85. The number of hydrogen-bond acceptors (Lipinski definition) is 6. The summed E-state index contributed by atoms with van der Waals surface area (Å²) in [6, 6.07) is 9.17. The molecule has 0 saturated carbocycles. The highest BCUT2D eigenvalue weighted by Gasteiger charge is 2.24. The van der Waals surface area contributed by atoms with Crippen LogP contribution in [0.25, 0.3) is 11.5 Å². The third kappa shape index (κ3) is 5.58. The lowest BCUT2D eigenvalue weighted by Crippen LogP contribution is -2.33. The third-order valence-corrected chi connectivity index (χ3v) is 5.97. The predicted octanol–water partition coefficient (Wildman–Crippen LogP) is 4.72. The van der Waals surface area contributed by atoms with Crippen LogP contribution in [0.2, 0.25) is 0 Å². The number of rotatable bonds is 7. The zero-order valence-electron chi connectivity index (χ0n) is 18.6. The van der Waals surface area contributed by atoms with Crippen molar-refractivity contribution in [2.75, 3.05) is 31.1 Å².